The Kier molecular flexibility index (Phi) is 7.59. The molecule has 0 spiro atoms. The van der Waals surface area contributed by atoms with Crippen LogP contribution in [0.1, 0.15) is 18.1 Å². The number of nitrogens with zero attached hydrogens (tertiary/aromatic N) is 3. The van der Waals surface area contributed by atoms with Gasteiger partial charge in [-0.05, 0) is 70.5 Å². The van der Waals surface area contributed by atoms with Crippen LogP contribution in [0.25, 0.3) is 11.4 Å². The highest BCUT2D eigenvalue weighted by atomic mass is 79.9. The van der Waals surface area contributed by atoms with Crippen LogP contribution >= 0.6 is 39.7 Å². The molecule has 4 aromatic rings. The Morgan fingerprint density at radius 1 is 1.12 bits per heavy atom. The van der Waals surface area contributed by atoms with Crippen molar-refractivity contribution in [3.8, 4) is 22.9 Å². The first-order chi connectivity index (χ1) is 16.0. The molecule has 3 aromatic carbocycles. The molecular weight excluding hydrogens is 524 g/mol. The minimum atomic E-state index is 0.383. The van der Waals surface area contributed by atoms with Crippen molar-refractivity contribution in [2.24, 2.45) is 5.10 Å². The van der Waals surface area contributed by atoms with Crippen LogP contribution in [0.3, 0.4) is 0 Å². The number of ether oxygens (including phenoxy) is 2. The molecule has 0 bridgehead atoms. The van der Waals surface area contributed by atoms with E-state index in [4.69, 9.17) is 33.3 Å². The maximum absolute atomic E-state index is 6.05. The number of hydrogen-bond donors (Lipinski definition) is 1. The molecule has 6 nitrogen and oxygen atoms in total. The minimum Gasteiger partial charge on any atom is -0.490 e. The Morgan fingerprint density at radius 3 is 2.61 bits per heavy atom. The van der Waals surface area contributed by atoms with Crippen LogP contribution in [0.4, 0.5) is 0 Å². The highest BCUT2D eigenvalue weighted by Gasteiger charge is 2.13. The summed E-state index contributed by atoms with van der Waals surface area (Å²) in [6.45, 7) is 2.80. The molecule has 0 aliphatic carbocycles. The van der Waals surface area contributed by atoms with Crippen molar-refractivity contribution in [2.75, 3.05) is 6.61 Å². The lowest BCUT2D eigenvalue weighted by atomic mass is 10.2. The maximum Gasteiger partial charge on any atom is 0.216 e. The first-order valence-corrected chi connectivity index (χ1v) is 11.7. The predicted octanol–water partition coefficient (Wildman–Crippen LogP) is 6.88. The van der Waals surface area contributed by atoms with Crippen LogP contribution in [0, 0.1) is 4.77 Å². The number of rotatable bonds is 8. The van der Waals surface area contributed by atoms with Gasteiger partial charge in [0.1, 0.15) is 6.61 Å². The summed E-state index contributed by atoms with van der Waals surface area (Å²) in [6.07, 6.45) is 1.70. The molecule has 0 aliphatic heterocycles. The van der Waals surface area contributed by atoms with Gasteiger partial charge in [0, 0.05) is 10.6 Å². The zero-order valence-electron chi connectivity index (χ0n) is 17.7. The Balaban J connectivity index is 1.61. The third-order valence-electron chi connectivity index (χ3n) is 4.63. The normalized spacial score (nSPS) is 11.1. The van der Waals surface area contributed by atoms with E-state index in [1.54, 1.807) is 10.9 Å². The van der Waals surface area contributed by atoms with Gasteiger partial charge in [0.2, 0.25) is 4.77 Å². The quantitative estimate of drug-likeness (QED) is 0.194. The molecule has 1 N–H and O–H groups in total. The standard InChI is InChI=1S/C24H20BrClN4O2S/c1-2-31-21-13-17(12-20(25)22(21)32-15-16-8-10-19(26)11-9-16)14-27-30-23(28-29-24(30)33)18-6-4-3-5-7-18/h3-14H,2,15H2,1H3,(H,29,33)/b27-14-. The first kappa shape index (κ1) is 23.2. The highest BCUT2D eigenvalue weighted by molar-refractivity contribution is 9.10. The van der Waals surface area contributed by atoms with E-state index < -0.39 is 0 Å². The van der Waals surface area contributed by atoms with Gasteiger partial charge in [0.25, 0.3) is 0 Å². The van der Waals surface area contributed by atoms with E-state index in [0.29, 0.717) is 40.3 Å². The Hall–Kier alpha value is -2.94. The smallest absolute Gasteiger partial charge is 0.216 e. The average Bonchev–Trinajstić information content (AvgIpc) is 3.19. The summed E-state index contributed by atoms with van der Waals surface area (Å²) in [5.41, 5.74) is 2.72. The van der Waals surface area contributed by atoms with E-state index in [0.717, 1.165) is 21.2 Å². The van der Waals surface area contributed by atoms with Crippen LogP contribution in [0.5, 0.6) is 11.5 Å². The lowest BCUT2D eigenvalue weighted by Gasteiger charge is -2.14. The molecule has 0 fully saturated rings. The van der Waals surface area contributed by atoms with E-state index in [-0.39, 0.29) is 0 Å². The fourth-order valence-corrected chi connectivity index (χ4v) is 3.98. The Morgan fingerprint density at radius 2 is 1.88 bits per heavy atom. The average molecular weight is 544 g/mol. The molecule has 0 amide bonds. The van der Waals surface area contributed by atoms with Crippen molar-refractivity contribution < 1.29 is 9.47 Å². The van der Waals surface area contributed by atoms with Gasteiger partial charge in [0.05, 0.1) is 17.3 Å². The molecule has 9 heteroatoms. The van der Waals surface area contributed by atoms with Gasteiger partial charge in [-0.3, -0.25) is 0 Å². The fraction of sp³-hybridized carbons (Fsp3) is 0.125. The molecule has 0 atom stereocenters. The fourth-order valence-electron chi connectivity index (χ4n) is 3.10. The van der Waals surface area contributed by atoms with Crippen molar-refractivity contribution in [1.29, 1.82) is 0 Å². The van der Waals surface area contributed by atoms with Gasteiger partial charge in [-0.2, -0.15) is 14.9 Å². The van der Waals surface area contributed by atoms with E-state index >= 15 is 0 Å². The predicted molar refractivity (Wildman–Crippen MR) is 137 cm³/mol. The van der Waals surface area contributed by atoms with Gasteiger partial charge < -0.3 is 9.47 Å². The molecule has 1 aromatic heterocycles. The second-order valence-electron chi connectivity index (χ2n) is 6.95. The summed E-state index contributed by atoms with van der Waals surface area (Å²) >= 11 is 14.9. The molecule has 1 heterocycles. The van der Waals surface area contributed by atoms with Crippen LogP contribution < -0.4 is 9.47 Å². The van der Waals surface area contributed by atoms with E-state index in [1.165, 1.54) is 0 Å². The van der Waals surface area contributed by atoms with E-state index in [2.05, 4.69) is 31.2 Å². The van der Waals surface area contributed by atoms with Gasteiger partial charge >= 0.3 is 0 Å². The second-order valence-corrected chi connectivity index (χ2v) is 8.63. The summed E-state index contributed by atoms with van der Waals surface area (Å²) in [5, 5.41) is 12.3. The Labute approximate surface area is 210 Å². The summed E-state index contributed by atoms with van der Waals surface area (Å²) in [4.78, 5) is 0. The minimum absolute atomic E-state index is 0.383. The molecule has 0 saturated heterocycles. The van der Waals surface area contributed by atoms with Crippen LogP contribution in [0.2, 0.25) is 5.02 Å². The number of halogens is 2. The van der Waals surface area contributed by atoms with E-state index in [1.807, 2.05) is 73.7 Å². The SMILES string of the molecule is CCOc1cc(/C=N\n2c(-c3ccccc3)n[nH]c2=S)cc(Br)c1OCc1ccc(Cl)cc1. The third kappa shape index (κ3) is 5.71. The van der Waals surface area contributed by atoms with Crippen molar-refractivity contribution in [3.63, 3.8) is 0 Å². The van der Waals surface area contributed by atoms with Gasteiger partial charge in [0.15, 0.2) is 17.3 Å². The highest BCUT2D eigenvalue weighted by Crippen LogP contribution is 2.37. The van der Waals surface area contributed by atoms with Crippen LogP contribution in [-0.4, -0.2) is 27.7 Å². The molecular formula is C24H20BrClN4O2S. The van der Waals surface area contributed by atoms with Gasteiger partial charge in [-0.1, -0.05) is 54.1 Å². The maximum atomic E-state index is 6.05. The van der Waals surface area contributed by atoms with Gasteiger partial charge in [-0.25, -0.2) is 5.10 Å². The van der Waals surface area contributed by atoms with Crippen molar-refractivity contribution in [1.82, 2.24) is 14.9 Å². The second kappa shape index (κ2) is 10.8. The zero-order valence-corrected chi connectivity index (χ0v) is 20.8. The topological polar surface area (TPSA) is 64.4 Å². The molecule has 0 radical (unpaired) electrons. The molecule has 168 valence electrons. The van der Waals surface area contributed by atoms with E-state index in [9.17, 15) is 0 Å². The summed E-state index contributed by atoms with van der Waals surface area (Å²) in [7, 11) is 0. The number of nitrogens with one attached hydrogen (secondary N) is 1. The largest absolute Gasteiger partial charge is 0.490 e. The monoisotopic (exact) mass is 542 g/mol. The van der Waals surface area contributed by atoms with Gasteiger partial charge in [-0.15, -0.1) is 0 Å². The molecule has 0 saturated carbocycles. The molecule has 4 rings (SSSR count). The number of benzene rings is 3. The number of aromatic amines is 1. The van der Waals surface area contributed by atoms with Crippen LogP contribution in [-0.2, 0) is 6.61 Å². The van der Waals surface area contributed by atoms with Crippen molar-refractivity contribution in [2.45, 2.75) is 13.5 Å². The first-order valence-electron chi connectivity index (χ1n) is 10.2. The molecule has 0 unspecified atom stereocenters. The Bertz CT molecular complexity index is 1320. The van der Waals surface area contributed by atoms with Crippen molar-refractivity contribution in [3.05, 3.63) is 92.1 Å². The number of H-pyrrole nitrogens is 1. The zero-order chi connectivity index (χ0) is 23.2. The lowest BCUT2D eigenvalue weighted by molar-refractivity contribution is 0.267. The number of aromatic nitrogens is 3. The third-order valence-corrected chi connectivity index (χ3v) is 5.74. The van der Waals surface area contributed by atoms with Crippen molar-refractivity contribution >= 4 is 46.0 Å². The summed E-state index contributed by atoms with van der Waals surface area (Å²) in [5.74, 6) is 1.86. The molecule has 0 aliphatic rings. The molecule has 33 heavy (non-hydrogen) atoms. The van der Waals surface area contributed by atoms with Crippen LogP contribution in [0.15, 0.2) is 76.3 Å². The lowest BCUT2D eigenvalue weighted by Crippen LogP contribution is -2.02. The summed E-state index contributed by atoms with van der Waals surface area (Å²) < 4.78 is 14.6. The number of hydrogen-bond acceptors (Lipinski definition) is 5. The summed E-state index contributed by atoms with van der Waals surface area (Å²) in [6, 6.07) is 21.0.